The molecule has 1 N–H and O–H groups in total. The number of rotatable bonds is 7. The quantitative estimate of drug-likeness (QED) is 0.562. The molecule has 1 saturated heterocycles. The second-order valence-electron chi connectivity index (χ2n) is 7.72. The maximum absolute atomic E-state index is 13.1. The van der Waals surface area contributed by atoms with Crippen LogP contribution in [0.3, 0.4) is 0 Å². The van der Waals surface area contributed by atoms with E-state index in [1.807, 2.05) is 32.0 Å². The maximum atomic E-state index is 13.1. The van der Waals surface area contributed by atoms with E-state index >= 15 is 0 Å². The zero-order valence-corrected chi connectivity index (χ0v) is 18.9. The molecule has 0 amide bonds. The van der Waals surface area contributed by atoms with Crippen molar-refractivity contribution >= 4 is 37.3 Å². The van der Waals surface area contributed by atoms with Crippen LogP contribution in [0.15, 0.2) is 47.4 Å². The first-order valence-corrected chi connectivity index (χ1v) is 12.6. The van der Waals surface area contributed by atoms with Gasteiger partial charge >= 0.3 is 0 Å². The van der Waals surface area contributed by atoms with Gasteiger partial charge in [-0.1, -0.05) is 18.6 Å². The first kappa shape index (κ1) is 21.1. The number of nitrogens with zero attached hydrogens (tertiary/aromatic N) is 2. The molecule has 8 heteroatoms. The Balaban J connectivity index is 1.61. The van der Waals surface area contributed by atoms with Gasteiger partial charge in [0.05, 0.1) is 33.4 Å². The number of piperidine rings is 1. The highest BCUT2D eigenvalue weighted by atomic mass is 32.2. The summed E-state index contributed by atoms with van der Waals surface area (Å²) in [5, 5.41) is 4.29. The van der Waals surface area contributed by atoms with Crippen LogP contribution in [-0.2, 0) is 16.6 Å². The summed E-state index contributed by atoms with van der Waals surface area (Å²) in [5.41, 5.74) is 1.64. The summed E-state index contributed by atoms with van der Waals surface area (Å²) in [6, 6.07) is 13.1. The molecule has 3 aromatic rings. The highest BCUT2D eigenvalue weighted by molar-refractivity contribution is 7.89. The van der Waals surface area contributed by atoms with E-state index < -0.39 is 10.0 Å². The molecule has 0 saturated carbocycles. The molecular formula is C22H27N3O3S2. The Hall–Kier alpha value is -2.16. The van der Waals surface area contributed by atoms with Crippen molar-refractivity contribution < 1.29 is 13.2 Å². The third-order valence-electron chi connectivity index (χ3n) is 5.03. The van der Waals surface area contributed by atoms with Crippen molar-refractivity contribution in [1.29, 1.82) is 0 Å². The Morgan fingerprint density at radius 3 is 2.63 bits per heavy atom. The summed E-state index contributed by atoms with van der Waals surface area (Å²) < 4.78 is 34.9. The zero-order valence-electron chi connectivity index (χ0n) is 17.3. The van der Waals surface area contributed by atoms with Crippen LogP contribution >= 0.6 is 11.3 Å². The van der Waals surface area contributed by atoms with E-state index in [-0.39, 0.29) is 6.10 Å². The molecule has 0 unspecified atom stereocenters. The van der Waals surface area contributed by atoms with Crippen molar-refractivity contribution in [3.05, 3.63) is 47.5 Å². The van der Waals surface area contributed by atoms with Gasteiger partial charge < -0.3 is 10.1 Å². The smallest absolute Gasteiger partial charge is 0.243 e. The summed E-state index contributed by atoms with van der Waals surface area (Å²) in [7, 11) is -3.51. The largest absolute Gasteiger partial charge is 0.489 e. The van der Waals surface area contributed by atoms with Crippen LogP contribution in [-0.4, -0.2) is 36.9 Å². The predicted molar refractivity (Wildman–Crippen MR) is 122 cm³/mol. The SMILES string of the molecule is CC(C)Oc1ccc(S(=O)(=O)N2CCCCC2)cc1NCc1nc2ccccc2s1. The number of fused-ring (bicyclic) bond motifs is 1. The molecule has 4 rings (SSSR count). The van der Waals surface area contributed by atoms with Crippen molar-refractivity contribution in [2.75, 3.05) is 18.4 Å². The highest BCUT2D eigenvalue weighted by Gasteiger charge is 2.27. The summed E-state index contributed by atoms with van der Waals surface area (Å²) in [6.07, 6.45) is 2.90. The minimum atomic E-state index is -3.51. The third kappa shape index (κ3) is 4.61. The normalized spacial score (nSPS) is 15.6. The van der Waals surface area contributed by atoms with E-state index in [4.69, 9.17) is 4.74 Å². The predicted octanol–water partition coefficient (Wildman–Crippen LogP) is 4.87. The summed E-state index contributed by atoms with van der Waals surface area (Å²) >= 11 is 1.63. The molecule has 0 spiro atoms. The number of thiazole rings is 1. The first-order valence-electron chi connectivity index (χ1n) is 10.3. The van der Waals surface area contributed by atoms with Gasteiger partial charge in [-0.2, -0.15) is 4.31 Å². The van der Waals surface area contributed by atoms with Gasteiger partial charge in [0.2, 0.25) is 10.0 Å². The van der Waals surface area contributed by atoms with E-state index in [1.54, 1.807) is 33.8 Å². The van der Waals surface area contributed by atoms with Crippen molar-refractivity contribution in [3.8, 4) is 5.75 Å². The van der Waals surface area contributed by atoms with E-state index in [0.717, 1.165) is 34.5 Å². The molecule has 1 aliphatic rings. The number of ether oxygens (including phenoxy) is 1. The Morgan fingerprint density at radius 2 is 1.90 bits per heavy atom. The molecule has 30 heavy (non-hydrogen) atoms. The molecule has 0 aliphatic carbocycles. The molecule has 1 fully saturated rings. The standard InChI is InChI=1S/C22H27N3O3S2/c1-16(2)28-20-11-10-17(30(26,27)25-12-6-3-7-13-25)14-19(20)23-15-22-24-18-8-4-5-9-21(18)29-22/h4-5,8-11,14,16,23H,3,6-7,12-13,15H2,1-2H3. The maximum Gasteiger partial charge on any atom is 0.243 e. The molecule has 2 heterocycles. The summed E-state index contributed by atoms with van der Waals surface area (Å²) in [6.45, 7) is 5.58. The van der Waals surface area contributed by atoms with Crippen LogP contribution in [0.2, 0.25) is 0 Å². The highest BCUT2D eigenvalue weighted by Crippen LogP contribution is 2.32. The molecule has 1 aromatic heterocycles. The fourth-order valence-corrected chi connectivity index (χ4v) is 6.04. The number of benzene rings is 2. The van der Waals surface area contributed by atoms with Gasteiger partial charge in [0, 0.05) is 13.1 Å². The van der Waals surface area contributed by atoms with Gasteiger partial charge in [-0.25, -0.2) is 13.4 Å². The number of anilines is 1. The van der Waals surface area contributed by atoms with Crippen molar-refractivity contribution in [2.24, 2.45) is 0 Å². The lowest BCUT2D eigenvalue weighted by molar-refractivity contribution is 0.243. The van der Waals surface area contributed by atoms with Crippen LogP contribution in [0.4, 0.5) is 5.69 Å². The van der Waals surface area contributed by atoms with E-state index in [0.29, 0.717) is 36.0 Å². The molecule has 0 atom stereocenters. The fraction of sp³-hybridized carbons (Fsp3) is 0.409. The third-order valence-corrected chi connectivity index (χ3v) is 7.97. The minimum absolute atomic E-state index is 0.0162. The van der Waals surface area contributed by atoms with Gasteiger partial charge in [-0.05, 0) is 57.0 Å². The Labute approximate surface area is 181 Å². The van der Waals surface area contributed by atoms with Crippen LogP contribution in [0.25, 0.3) is 10.2 Å². The van der Waals surface area contributed by atoms with Gasteiger partial charge in [0.15, 0.2) is 0 Å². The van der Waals surface area contributed by atoms with E-state index in [1.165, 1.54) is 0 Å². The van der Waals surface area contributed by atoms with Crippen LogP contribution in [0.1, 0.15) is 38.1 Å². The van der Waals surface area contributed by atoms with Gasteiger partial charge in [0.25, 0.3) is 0 Å². The van der Waals surface area contributed by atoms with E-state index in [9.17, 15) is 8.42 Å². The Morgan fingerprint density at radius 1 is 1.13 bits per heavy atom. The Bertz CT molecular complexity index is 1090. The average molecular weight is 446 g/mol. The summed E-state index contributed by atoms with van der Waals surface area (Å²) in [4.78, 5) is 4.95. The van der Waals surface area contributed by atoms with Crippen LogP contribution < -0.4 is 10.1 Å². The lowest BCUT2D eigenvalue weighted by atomic mass is 10.2. The van der Waals surface area contributed by atoms with Crippen molar-refractivity contribution in [3.63, 3.8) is 0 Å². The van der Waals surface area contributed by atoms with Crippen LogP contribution in [0, 0.1) is 0 Å². The zero-order chi connectivity index (χ0) is 21.1. The molecule has 0 bridgehead atoms. The van der Waals surface area contributed by atoms with E-state index in [2.05, 4.69) is 16.4 Å². The molecule has 2 aromatic carbocycles. The topological polar surface area (TPSA) is 71.5 Å². The fourth-order valence-electron chi connectivity index (χ4n) is 3.59. The second-order valence-corrected chi connectivity index (χ2v) is 10.8. The number of hydrogen-bond donors (Lipinski definition) is 1. The van der Waals surface area contributed by atoms with Gasteiger partial charge in [-0.15, -0.1) is 11.3 Å². The lowest BCUT2D eigenvalue weighted by Gasteiger charge is -2.26. The first-order chi connectivity index (χ1) is 14.4. The lowest BCUT2D eigenvalue weighted by Crippen LogP contribution is -2.35. The van der Waals surface area contributed by atoms with Crippen molar-refractivity contribution in [1.82, 2.24) is 9.29 Å². The second kappa shape index (κ2) is 8.91. The minimum Gasteiger partial charge on any atom is -0.489 e. The van der Waals surface area contributed by atoms with Crippen molar-refractivity contribution in [2.45, 2.75) is 50.7 Å². The number of sulfonamides is 1. The van der Waals surface area contributed by atoms with Crippen LogP contribution in [0.5, 0.6) is 5.75 Å². The Kier molecular flexibility index (Phi) is 6.26. The van der Waals surface area contributed by atoms with Gasteiger partial charge in [-0.3, -0.25) is 0 Å². The molecule has 0 radical (unpaired) electrons. The molecule has 6 nitrogen and oxygen atoms in total. The molecular weight excluding hydrogens is 418 g/mol. The number of para-hydroxylation sites is 1. The number of hydrogen-bond acceptors (Lipinski definition) is 6. The van der Waals surface area contributed by atoms with Gasteiger partial charge in [0.1, 0.15) is 10.8 Å². The summed E-state index contributed by atoms with van der Waals surface area (Å²) in [5.74, 6) is 0.642. The average Bonchev–Trinajstić information content (AvgIpc) is 3.16. The number of nitrogens with one attached hydrogen (secondary N) is 1. The monoisotopic (exact) mass is 445 g/mol. The molecule has 1 aliphatic heterocycles. The number of aromatic nitrogens is 1. The molecule has 160 valence electrons.